The Morgan fingerprint density at radius 2 is 1.83 bits per heavy atom. The fourth-order valence-corrected chi connectivity index (χ4v) is 2.18. The molecule has 108 valence electrons. The number of hydroxylamine groups is 1. The van der Waals surface area contributed by atoms with E-state index in [1.54, 1.807) is 0 Å². The fraction of sp³-hybridized carbons (Fsp3) is 1.00. The molecule has 4 atom stereocenters. The van der Waals surface area contributed by atoms with E-state index in [1.807, 2.05) is 5.43 Å². The molecule has 1 saturated heterocycles. The van der Waals surface area contributed by atoms with E-state index in [0.29, 0.717) is 6.92 Å². The Labute approximate surface area is 100 Å². The first-order valence-corrected chi connectivity index (χ1v) is 5.09. The number of hydrogen-bond acceptors (Lipinski definition) is 5. The zero-order valence-corrected chi connectivity index (χ0v) is 9.67. The molecule has 1 aliphatic rings. The largest absolute Gasteiger partial charge is 0.395 e. The number of nitrogens with zero attached hydrogens (tertiary/aromatic N) is 1. The number of likely N-dealkylation sites (N-methyl/N-ethyl adjacent to an activating group) is 1. The van der Waals surface area contributed by atoms with E-state index in [0.717, 1.165) is 12.1 Å². The number of nitrogens with two attached hydrogens (primary N) is 1. The second kappa shape index (κ2) is 4.85. The first-order valence-electron chi connectivity index (χ1n) is 5.09. The summed E-state index contributed by atoms with van der Waals surface area (Å²) in [4.78, 5) is 0. The third-order valence-corrected chi connectivity index (χ3v) is 2.96. The lowest BCUT2D eigenvalue weighted by molar-refractivity contribution is -0.202. The lowest BCUT2D eigenvalue weighted by Crippen LogP contribution is -2.57. The van der Waals surface area contributed by atoms with Gasteiger partial charge < -0.3 is 10.9 Å². The minimum absolute atomic E-state index is 0.400. The normalized spacial score (nSPS) is 32.8. The van der Waals surface area contributed by atoms with Crippen LogP contribution in [0.2, 0.25) is 0 Å². The smallest absolute Gasteiger partial charge is 0.315 e. The molecule has 5 nitrogen and oxygen atoms in total. The number of nitrogens with one attached hydrogen (secondary N) is 2. The predicted octanol–water partition coefficient (Wildman–Crippen LogP) is 0.271. The quantitative estimate of drug-likeness (QED) is 0.339. The van der Waals surface area contributed by atoms with Crippen molar-refractivity contribution in [3.63, 3.8) is 0 Å². The predicted molar refractivity (Wildman–Crippen MR) is 51.5 cm³/mol. The van der Waals surface area contributed by atoms with Gasteiger partial charge in [0, 0.05) is 14.0 Å². The maximum atomic E-state index is 13.2. The van der Waals surface area contributed by atoms with Crippen LogP contribution in [0.5, 0.6) is 0 Å². The Hall–Kier alpha value is -0.550. The van der Waals surface area contributed by atoms with Crippen LogP contribution in [0.4, 0.5) is 22.0 Å². The van der Waals surface area contributed by atoms with Gasteiger partial charge in [-0.25, -0.2) is 19.2 Å². The molecule has 0 aliphatic carbocycles. The van der Waals surface area contributed by atoms with Crippen molar-refractivity contribution in [1.82, 2.24) is 15.9 Å². The highest BCUT2D eigenvalue weighted by atomic mass is 19.4. The highest BCUT2D eigenvalue weighted by Gasteiger charge is 2.62. The monoisotopic (exact) mass is 278 g/mol. The zero-order chi connectivity index (χ0) is 14.3. The van der Waals surface area contributed by atoms with Crippen LogP contribution in [0.1, 0.15) is 6.92 Å². The summed E-state index contributed by atoms with van der Waals surface area (Å²) in [6.45, 7) is 0.400. The molecule has 0 spiro atoms. The van der Waals surface area contributed by atoms with E-state index in [1.165, 1.54) is 5.48 Å². The molecular formula is C8H15F5N4O. The van der Waals surface area contributed by atoms with Crippen LogP contribution in [-0.4, -0.2) is 47.6 Å². The van der Waals surface area contributed by atoms with E-state index < -0.39 is 36.3 Å². The van der Waals surface area contributed by atoms with Crippen molar-refractivity contribution < 1.29 is 27.2 Å². The van der Waals surface area contributed by atoms with Gasteiger partial charge in [-0.1, -0.05) is 0 Å². The summed E-state index contributed by atoms with van der Waals surface area (Å²) in [6, 6.07) is -3.68. The number of hydrazine groups is 1. The third-order valence-electron chi connectivity index (χ3n) is 2.96. The molecule has 1 fully saturated rings. The minimum atomic E-state index is -4.87. The molecule has 18 heavy (non-hydrogen) atoms. The summed E-state index contributed by atoms with van der Waals surface area (Å²) in [6.07, 6.45) is -6.39. The molecule has 0 aromatic carbocycles. The molecule has 10 heteroatoms. The van der Waals surface area contributed by atoms with Crippen LogP contribution in [0.3, 0.4) is 0 Å². The van der Waals surface area contributed by atoms with Gasteiger partial charge in [-0.15, -0.1) is 0 Å². The van der Waals surface area contributed by atoms with E-state index in [9.17, 15) is 22.0 Å². The van der Waals surface area contributed by atoms with Crippen LogP contribution in [-0.2, 0) is 0 Å². The van der Waals surface area contributed by atoms with Crippen LogP contribution in [0.25, 0.3) is 0 Å². The summed E-state index contributed by atoms with van der Waals surface area (Å²) in [5, 5.41) is 9.44. The Kier molecular flexibility index (Phi) is 4.18. The molecule has 0 amide bonds. The molecule has 0 aromatic heterocycles. The van der Waals surface area contributed by atoms with Gasteiger partial charge in [0.25, 0.3) is 5.92 Å². The van der Waals surface area contributed by atoms with Gasteiger partial charge in [0.05, 0.1) is 24.2 Å². The molecule has 0 radical (unpaired) electrons. The van der Waals surface area contributed by atoms with Crippen LogP contribution in [0.15, 0.2) is 0 Å². The van der Waals surface area contributed by atoms with Crippen molar-refractivity contribution in [2.75, 3.05) is 7.05 Å². The minimum Gasteiger partial charge on any atom is -0.315 e. The molecule has 1 rings (SSSR count). The van der Waals surface area contributed by atoms with Crippen molar-refractivity contribution >= 4 is 0 Å². The third kappa shape index (κ3) is 2.88. The molecule has 0 bridgehead atoms. The second-order valence-corrected chi connectivity index (χ2v) is 4.39. The van der Waals surface area contributed by atoms with Gasteiger partial charge in [0.2, 0.25) is 0 Å². The summed E-state index contributed by atoms with van der Waals surface area (Å²) >= 11 is 0. The van der Waals surface area contributed by atoms with Crippen molar-refractivity contribution in [3.8, 4) is 0 Å². The first kappa shape index (κ1) is 15.5. The summed E-state index contributed by atoms with van der Waals surface area (Å²) in [5.41, 5.74) is 8.78. The van der Waals surface area contributed by atoms with E-state index >= 15 is 0 Å². The van der Waals surface area contributed by atoms with Gasteiger partial charge in [0.15, 0.2) is 0 Å². The highest BCUT2D eigenvalue weighted by Crippen LogP contribution is 2.42. The van der Waals surface area contributed by atoms with Gasteiger partial charge in [-0.3, -0.25) is 0 Å². The van der Waals surface area contributed by atoms with Crippen molar-refractivity contribution in [2.24, 2.45) is 11.7 Å². The van der Waals surface area contributed by atoms with Crippen molar-refractivity contribution in [1.29, 1.82) is 0 Å². The molecule has 0 aromatic rings. The number of alkyl halides is 5. The average molecular weight is 278 g/mol. The number of rotatable bonds is 3. The molecular weight excluding hydrogens is 263 g/mol. The van der Waals surface area contributed by atoms with E-state index in [2.05, 4.69) is 0 Å². The first-order chi connectivity index (χ1) is 8.00. The van der Waals surface area contributed by atoms with Crippen LogP contribution >= 0.6 is 0 Å². The summed E-state index contributed by atoms with van der Waals surface area (Å²) in [5.74, 6) is -5.99. The summed E-state index contributed by atoms with van der Waals surface area (Å²) in [7, 11) is 1.16. The molecule has 1 heterocycles. The Bertz CT molecular complexity index is 294. The zero-order valence-electron chi connectivity index (χ0n) is 9.67. The van der Waals surface area contributed by atoms with Gasteiger partial charge >= 0.3 is 6.18 Å². The second-order valence-electron chi connectivity index (χ2n) is 4.39. The van der Waals surface area contributed by atoms with Crippen molar-refractivity contribution in [2.45, 2.75) is 37.3 Å². The highest BCUT2D eigenvalue weighted by molar-refractivity contribution is 5.03. The Balaban J connectivity index is 3.12. The van der Waals surface area contributed by atoms with Crippen LogP contribution < -0.4 is 16.6 Å². The lowest BCUT2D eigenvalue weighted by Gasteiger charge is -2.31. The topological polar surface area (TPSA) is 73.5 Å². The Morgan fingerprint density at radius 3 is 2.17 bits per heavy atom. The molecule has 0 saturated carbocycles. The summed E-state index contributed by atoms with van der Waals surface area (Å²) < 4.78 is 65.1. The lowest BCUT2D eigenvalue weighted by atomic mass is 9.88. The fourth-order valence-electron chi connectivity index (χ4n) is 2.18. The number of halogens is 5. The maximum Gasteiger partial charge on any atom is 0.395 e. The molecule has 5 N–H and O–H groups in total. The van der Waals surface area contributed by atoms with E-state index in [4.69, 9.17) is 10.9 Å². The standard InChI is InChI=1S/C8H15F5N4O/c1-7(9,10)5-3(8(11,12)13)4(6(14)16-18)17(2)15-5/h3-6,15-16,18H,14H2,1-2H3. The van der Waals surface area contributed by atoms with Gasteiger partial charge in [-0.05, 0) is 0 Å². The Morgan fingerprint density at radius 1 is 1.33 bits per heavy atom. The average Bonchev–Trinajstić information content (AvgIpc) is 2.53. The van der Waals surface area contributed by atoms with Crippen molar-refractivity contribution in [3.05, 3.63) is 0 Å². The SMILES string of the molecule is CN1NC(C(C)(F)F)C(C(F)(F)F)C1C(N)NO. The van der Waals surface area contributed by atoms with Gasteiger partial charge in [-0.2, -0.15) is 18.7 Å². The van der Waals surface area contributed by atoms with Crippen LogP contribution in [0, 0.1) is 5.92 Å². The molecule has 1 aliphatic heterocycles. The van der Waals surface area contributed by atoms with E-state index in [-0.39, 0.29) is 0 Å². The molecule has 4 unspecified atom stereocenters. The number of hydrogen-bond donors (Lipinski definition) is 4. The maximum absolute atomic E-state index is 13.2. The van der Waals surface area contributed by atoms with Gasteiger partial charge in [0.1, 0.15) is 0 Å².